The number of aromatic amines is 1. The fourth-order valence-corrected chi connectivity index (χ4v) is 2.81. The predicted octanol–water partition coefficient (Wildman–Crippen LogP) is 2.52. The van der Waals surface area contributed by atoms with Gasteiger partial charge in [0.05, 0.1) is 18.3 Å². The van der Waals surface area contributed by atoms with Gasteiger partial charge in [-0.05, 0) is 30.3 Å². The number of likely N-dealkylation sites (N-methyl/N-ethyl adjacent to an activating group) is 1. The van der Waals surface area contributed by atoms with Crippen molar-refractivity contribution in [2.45, 2.75) is 6.04 Å². The van der Waals surface area contributed by atoms with E-state index < -0.39 is 23.2 Å². The van der Waals surface area contributed by atoms with Gasteiger partial charge in [-0.1, -0.05) is 6.07 Å². The minimum atomic E-state index is -0.535. The summed E-state index contributed by atoms with van der Waals surface area (Å²) in [5, 5.41) is 0.130. The van der Waals surface area contributed by atoms with Gasteiger partial charge in [-0.3, -0.25) is 14.6 Å². The molecule has 134 valence electrons. The van der Waals surface area contributed by atoms with Crippen molar-refractivity contribution in [2.24, 2.45) is 0 Å². The molecule has 0 unspecified atom stereocenters. The smallest absolute Gasteiger partial charge is 0.259 e. The van der Waals surface area contributed by atoms with Gasteiger partial charge in [0.2, 0.25) is 5.43 Å². The fraction of sp³-hybridized carbons (Fsp3) is 0.211. The molecule has 3 rings (SSSR count). The van der Waals surface area contributed by atoms with E-state index >= 15 is 0 Å². The molecule has 2 aromatic heterocycles. The summed E-state index contributed by atoms with van der Waals surface area (Å²) in [6.07, 6.45) is 2.98. The van der Waals surface area contributed by atoms with E-state index in [1.807, 2.05) is 6.07 Å². The molecule has 0 aliphatic rings. The minimum Gasteiger partial charge on any atom is -0.382 e. The Morgan fingerprint density at radius 2 is 2.15 bits per heavy atom. The van der Waals surface area contributed by atoms with Crippen LogP contribution in [0.15, 0.2) is 53.6 Å². The topological polar surface area (TPSA) is 75.3 Å². The third kappa shape index (κ3) is 3.34. The van der Waals surface area contributed by atoms with E-state index in [1.165, 1.54) is 30.3 Å². The van der Waals surface area contributed by atoms with Crippen LogP contribution in [0.1, 0.15) is 22.1 Å². The number of H-pyrrole nitrogens is 1. The van der Waals surface area contributed by atoms with Crippen LogP contribution in [-0.4, -0.2) is 41.5 Å². The highest BCUT2D eigenvalue weighted by Gasteiger charge is 2.26. The molecule has 3 aromatic rings. The highest BCUT2D eigenvalue weighted by Crippen LogP contribution is 2.20. The van der Waals surface area contributed by atoms with Crippen LogP contribution >= 0.6 is 0 Å². The highest BCUT2D eigenvalue weighted by molar-refractivity contribution is 5.97. The quantitative estimate of drug-likeness (QED) is 0.763. The first kappa shape index (κ1) is 17.8. The van der Waals surface area contributed by atoms with Gasteiger partial charge in [-0.25, -0.2) is 4.39 Å². The number of methoxy groups -OCH3 is 1. The third-order valence-electron chi connectivity index (χ3n) is 4.21. The Bertz CT molecular complexity index is 988. The molecule has 0 bridgehead atoms. The number of nitrogens with zero attached hydrogens (tertiary/aromatic N) is 2. The summed E-state index contributed by atoms with van der Waals surface area (Å²) < 4.78 is 18.7. The van der Waals surface area contributed by atoms with Crippen molar-refractivity contribution in [1.82, 2.24) is 14.9 Å². The van der Waals surface area contributed by atoms with Gasteiger partial charge in [-0.15, -0.1) is 0 Å². The van der Waals surface area contributed by atoms with Crippen LogP contribution in [0.2, 0.25) is 0 Å². The number of carbonyl (C=O) groups is 1. The van der Waals surface area contributed by atoms with E-state index in [2.05, 4.69) is 9.97 Å². The summed E-state index contributed by atoms with van der Waals surface area (Å²) in [5.74, 6) is -1.03. The van der Waals surface area contributed by atoms with Crippen LogP contribution in [0.25, 0.3) is 10.9 Å². The number of benzene rings is 1. The van der Waals surface area contributed by atoms with Gasteiger partial charge >= 0.3 is 0 Å². The van der Waals surface area contributed by atoms with Crippen LogP contribution in [-0.2, 0) is 4.74 Å². The first-order chi connectivity index (χ1) is 12.5. The lowest BCUT2D eigenvalue weighted by Crippen LogP contribution is -2.36. The number of hydrogen-bond acceptors (Lipinski definition) is 4. The fourth-order valence-electron chi connectivity index (χ4n) is 2.81. The Balaban J connectivity index is 2.01. The lowest BCUT2D eigenvalue weighted by atomic mass is 10.1. The second-order valence-corrected chi connectivity index (χ2v) is 5.86. The number of ether oxygens (including phenoxy) is 1. The van der Waals surface area contributed by atoms with Gasteiger partial charge < -0.3 is 14.6 Å². The number of nitrogens with one attached hydrogen (secondary N) is 1. The van der Waals surface area contributed by atoms with E-state index in [0.29, 0.717) is 11.2 Å². The normalized spacial score (nSPS) is 12.1. The highest BCUT2D eigenvalue weighted by atomic mass is 19.1. The zero-order valence-corrected chi connectivity index (χ0v) is 14.4. The average molecular weight is 355 g/mol. The van der Waals surface area contributed by atoms with Crippen LogP contribution in [0.5, 0.6) is 0 Å². The molecule has 0 aliphatic heterocycles. The number of hydrogen-bond donors (Lipinski definition) is 1. The number of carbonyl (C=O) groups excluding carboxylic acids is 1. The largest absolute Gasteiger partial charge is 0.382 e. The van der Waals surface area contributed by atoms with E-state index in [4.69, 9.17) is 4.74 Å². The van der Waals surface area contributed by atoms with Crippen molar-refractivity contribution in [2.75, 3.05) is 20.8 Å². The maximum absolute atomic E-state index is 13.5. The molecule has 0 radical (unpaired) electrons. The van der Waals surface area contributed by atoms with Gasteiger partial charge in [-0.2, -0.15) is 0 Å². The number of rotatable bonds is 5. The van der Waals surface area contributed by atoms with E-state index in [9.17, 15) is 14.0 Å². The molecule has 0 saturated carbocycles. The maximum Gasteiger partial charge on any atom is 0.259 e. The molecular formula is C19H18FN3O3. The number of halogens is 1. The van der Waals surface area contributed by atoms with Crippen molar-refractivity contribution in [3.63, 3.8) is 0 Å². The Labute approximate surface area is 149 Å². The molecule has 2 heterocycles. The number of fused-ring (bicyclic) bond motifs is 1. The summed E-state index contributed by atoms with van der Waals surface area (Å²) >= 11 is 0. The summed E-state index contributed by atoms with van der Waals surface area (Å²) in [5.41, 5.74) is 0.525. The van der Waals surface area contributed by atoms with Crippen LogP contribution in [0.4, 0.5) is 4.39 Å². The lowest BCUT2D eigenvalue weighted by molar-refractivity contribution is 0.0593. The molecule has 1 N–H and O–H groups in total. The number of aromatic nitrogens is 2. The first-order valence-corrected chi connectivity index (χ1v) is 8.01. The van der Waals surface area contributed by atoms with Gasteiger partial charge in [0.15, 0.2) is 0 Å². The Morgan fingerprint density at radius 1 is 1.35 bits per heavy atom. The summed E-state index contributed by atoms with van der Waals surface area (Å²) in [6.45, 7) is 0.222. The number of pyridine rings is 2. The number of amides is 1. The molecule has 1 aromatic carbocycles. The van der Waals surface area contributed by atoms with Crippen molar-refractivity contribution >= 4 is 16.8 Å². The second-order valence-electron chi connectivity index (χ2n) is 5.86. The molecule has 26 heavy (non-hydrogen) atoms. The monoisotopic (exact) mass is 355 g/mol. The molecule has 7 heteroatoms. The Morgan fingerprint density at radius 3 is 2.85 bits per heavy atom. The molecule has 0 saturated heterocycles. The van der Waals surface area contributed by atoms with Gasteiger partial charge in [0.1, 0.15) is 11.4 Å². The van der Waals surface area contributed by atoms with Crippen molar-refractivity contribution in [3.8, 4) is 0 Å². The molecule has 6 nitrogen and oxygen atoms in total. The predicted molar refractivity (Wildman–Crippen MR) is 95.5 cm³/mol. The van der Waals surface area contributed by atoms with Gasteiger partial charge in [0, 0.05) is 37.5 Å². The maximum atomic E-state index is 13.5. The van der Waals surface area contributed by atoms with Crippen molar-refractivity contribution in [1.29, 1.82) is 0 Å². The van der Waals surface area contributed by atoms with E-state index in [0.717, 1.165) is 6.07 Å². The molecule has 1 atom stereocenters. The standard InChI is InChI=1S/C19H18FN3O3/c1-23(17(11-26-2)16-5-3-4-8-21-16)19(25)14-10-22-15-7-6-12(20)9-13(15)18(14)24/h3-10,17H,11H2,1-2H3,(H,22,24)/t17-/m0/s1. The Hall–Kier alpha value is -3.06. The van der Waals surface area contributed by atoms with Crippen molar-refractivity contribution < 1.29 is 13.9 Å². The molecular weight excluding hydrogens is 337 g/mol. The van der Waals surface area contributed by atoms with Crippen LogP contribution in [0, 0.1) is 5.82 Å². The molecule has 1 amide bonds. The average Bonchev–Trinajstić information content (AvgIpc) is 2.66. The zero-order chi connectivity index (χ0) is 18.7. The molecule has 0 spiro atoms. The lowest BCUT2D eigenvalue weighted by Gasteiger charge is -2.27. The van der Waals surface area contributed by atoms with Crippen molar-refractivity contribution in [3.05, 3.63) is 76.1 Å². The summed E-state index contributed by atoms with van der Waals surface area (Å²) in [7, 11) is 3.11. The van der Waals surface area contributed by atoms with Crippen LogP contribution < -0.4 is 5.43 Å². The summed E-state index contributed by atoms with van der Waals surface area (Å²) in [4.78, 5) is 34.1. The first-order valence-electron chi connectivity index (χ1n) is 8.01. The molecule has 0 aliphatic carbocycles. The molecule has 0 fully saturated rings. The SMILES string of the molecule is COC[C@@H](c1ccccn1)N(C)C(=O)c1c[nH]c2ccc(F)cc2c1=O. The Kier molecular flexibility index (Phi) is 5.09. The third-order valence-corrected chi connectivity index (χ3v) is 4.21. The van der Waals surface area contributed by atoms with E-state index in [1.54, 1.807) is 25.4 Å². The van der Waals surface area contributed by atoms with E-state index in [-0.39, 0.29) is 17.6 Å². The zero-order valence-electron chi connectivity index (χ0n) is 14.4. The minimum absolute atomic E-state index is 0.0670. The second kappa shape index (κ2) is 7.45. The summed E-state index contributed by atoms with van der Waals surface area (Å²) in [6, 6.07) is 8.75. The van der Waals surface area contributed by atoms with Crippen LogP contribution in [0.3, 0.4) is 0 Å². The van der Waals surface area contributed by atoms with Gasteiger partial charge in [0.25, 0.3) is 5.91 Å².